The summed E-state index contributed by atoms with van der Waals surface area (Å²) in [6.07, 6.45) is 5.76. The summed E-state index contributed by atoms with van der Waals surface area (Å²) in [6.45, 7) is 8.88. The van der Waals surface area contributed by atoms with E-state index in [9.17, 15) is 4.21 Å². The summed E-state index contributed by atoms with van der Waals surface area (Å²) in [5.41, 5.74) is -0.530. The number of hydrogen-bond donors (Lipinski definition) is 0. The van der Waals surface area contributed by atoms with Gasteiger partial charge < -0.3 is 4.74 Å². The standard InChI is InChI=1S/C23H34ClNO2S/c1-16(2)20-15-21(28(26,25-5)19-9-7-6-8-10-19)23(27-22(20)17(3)4)13-11-18(24)12-14-23/h6-10,15-18,20,22H,11-14H2,1-5H3/t18?,20-,22-,23?,28?/m0/s1. The Morgan fingerprint density at radius 3 is 2.21 bits per heavy atom. The number of benzene rings is 1. The van der Waals surface area contributed by atoms with Crippen molar-refractivity contribution in [1.82, 2.24) is 0 Å². The third-order valence-corrected chi connectivity index (χ3v) is 9.27. The molecule has 0 bridgehead atoms. The zero-order valence-electron chi connectivity index (χ0n) is 17.7. The maximum atomic E-state index is 14.4. The molecule has 1 spiro atoms. The lowest BCUT2D eigenvalue weighted by Crippen LogP contribution is -2.51. The summed E-state index contributed by atoms with van der Waals surface area (Å²) in [6, 6.07) is 9.67. The van der Waals surface area contributed by atoms with Crippen LogP contribution in [0.1, 0.15) is 53.4 Å². The van der Waals surface area contributed by atoms with Crippen LogP contribution in [0.5, 0.6) is 0 Å². The van der Waals surface area contributed by atoms with E-state index in [2.05, 4.69) is 38.1 Å². The zero-order valence-corrected chi connectivity index (χ0v) is 19.3. The Morgan fingerprint density at radius 1 is 1.11 bits per heavy atom. The molecular weight excluding hydrogens is 390 g/mol. The number of alkyl halides is 1. The van der Waals surface area contributed by atoms with Crippen molar-refractivity contribution in [3.05, 3.63) is 41.3 Å². The summed E-state index contributed by atoms with van der Waals surface area (Å²) < 4.78 is 25.8. The average molecular weight is 424 g/mol. The van der Waals surface area contributed by atoms with E-state index < -0.39 is 15.3 Å². The van der Waals surface area contributed by atoms with Crippen molar-refractivity contribution >= 4 is 21.3 Å². The first-order chi connectivity index (χ1) is 13.2. The van der Waals surface area contributed by atoms with Gasteiger partial charge in [0.2, 0.25) is 0 Å². The first-order valence-corrected chi connectivity index (χ1v) is 12.4. The van der Waals surface area contributed by atoms with Crippen molar-refractivity contribution in [3.63, 3.8) is 0 Å². The normalized spacial score (nSPS) is 33.0. The molecule has 156 valence electrons. The van der Waals surface area contributed by atoms with E-state index in [1.165, 1.54) is 0 Å². The van der Waals surface area contributed by atoms with Gasteiger partial charge in [-0.15, -0.1) is 11.6 Å². The minimum Gasteiger partial charge on any atom is -0.366 e. The predicted molar refractivity (Wildman–Crippen MR) is 118 cm³/mol. The Hall–Kier alpha value is -0.840. The maximum absolute atomic E-state index is 14.4. The molecule has 1 aliphatic heterocycles. The first-order valence-electron chi connectivity index (χ1n) is 10.5. The van der Waals surface area contributed by atoms with Crippen LogP contribution in [0, 0.1) is 17.8 Å². The topological polar surface area (TPSA) is 38.7 Å². The molecule has 1 aromatic rings. The fourth-order valence-corrected chi connectivity index (χ4v) is 7.17. The van der Waals surface area contributed by atoms with Crippen molar-refractivity contribution in [1.29, 1.82) is 0 Å². The lowest BCUT2D eigenvalue weighted by atomic mass is 9.76. The Morgan fingerprint density at radius 2 is 1.71 bits per heavy atom. The van der Waals surface area contributed by atoms with Crippen LogP contribution in [-0.2, 0) is 14.5 Å². The molecule has 0 radical (unpaired) electrons. The zero-order chi connectivity index (χ0) is 20.5. The molecule has 0 N–H and O–H groups in total. The summed E-state index contributed by atoms with van der Waals surface area (Å²) >= 11 is 6.44. The van der Waals surface area contributed by atoms with Gasteiger partial charge in [-0.05, 0) is 49.7 Å². The van der Waals surface area contributed by atoms with Crippen molar-refractivity contribution in [2.75, 3.05) is 7.05 Å². The number of rotatable bonds is 4. The van der Waals surface area contributed by atoms with Crippen molar-refractivity contribution in [2.24, 2.45) is 22.1 Å². The predicted octanol–water partition coefficient (Wildman–Crippen LogP) is 6.27. The molecule has 3 nitrogen and oxygen atoms in total. The Balaban J connectivity index is 2.20. The van der Waals surface area contributed by atoms with Gasteiger partial charge in [-0.3, -0.25) is 0 Å². The van der Waals surface area contributed by atoms with Crippen molar-refractivity contribution < 1.29 is 8.95 Å². The van der Waals surface area contributed by atoms with Crippen LogP contribution in [0.25, 0.3) is 0 Å². The van der Waals surface area contributed by atoms with Gasteiger partial charge in [0.05, 0.1) is 15.9 Å². The Labute approximate surface area is 176 Å². The fraction of sp³-hybridized carbons (Fsp3) is 0.652. The van der Waals surface area contributed by atoms with Crippen LogP contribution in [-0.4, -0.2) is 28.3 Å². The summed E-state index contributed by atoms with van der Waals surface area (Å²) in [7, 11) is -1.05. The lowest BCUT2D eigenvalue weighted by molar-refractivity contribution is -0.133. The van der Waals surface area contributed by atoms with Gasteiger partial charge in [-0.2, -0.15) is 0 Å². The van der Waals surface area contributed by atoms with Crippen LogP contribution in [0.2, 0.25) is 0 Å². The highest BCUT2D eigenvalue weighted by Gasteiger charge is 2.50. The molecule has 3 rings (SSSR count). The third-order valence-electron chi connectivity index (χ3n) is 6.30. The average Bonchev–Trinajstić information content (AvgIpc) is 2.70. The molecular formula is C23H34ClNO2S. The van der Waals surface area contributed by atoms with E-state index >= 15 is 0 Å². The number of halogens is 1. The number of nitrogens with zero attached hydrogens (tertiary/aromatic N) is 1. The molecule has 1 aliphatic carbocycles. The first kappa shape index (κ1) is 21.9. The molecule has 1 heterocycles. The van der Waals surface area contributed by atoms with E-state index in [4.69, 9.17) is 16.3 Å². The monoisotopic (exact) mass is 423 g/mol. The second kappa shape index (κ2) is 8.49. The Kier molecular flexibility index (Phi) is 6.63. The highest BCUT2D eigenvalue weighted by molar-refractivity contribution is 7.97. The van der Waals surface area contributed by atoms with Crippen LogP contribution < -0.4 is 0 Å². The lowest BCUT2D eigenvalue weighted by Gasteiger charge is -2.50. The molecule has 3 atom stereocenters. The summed E-state index contributed by atoms with van der Waals surface area (Å²) in [4.78, 5) is 1.65. The van der Waals surface area contributed by atoms with Crippen molar-refractivity contribution in [2.45, 2.75) is 75.4 Å². The molecule has 5 heteroatoms. The van der Waals surface area contributed by atoms with E-state index in [1.54, 1.807) is 7.05 Å². The maximum Gasteiger partial charge on any atom is 0.103 e. The van der Waals surface area contributed by atoms with E-state index in [-0.39, 0.29) is 17.4 Å². The van der Waals surface area contributed by atoms with Gasteiger partial charge in [0, 0.05) is 18.3 Å². The van der Waals surface area contributed by atoms with Gasteiger partial charge in [-0.25, -0.2) is 8.57 Å². The largest absolute Gasteiger partial charge is 0.366 e. The van der Waals surface area contributed by atoms with Crippen LogP contribution in [0.15, 0.2) is 50.6 Å². The van der Waals surface area contributed by atoms with Gasteiger partial charge >= 0.3 is 0 Å². The van der Waals surface area contributed by atoms with Gasteiger partial charge in [0.15, 0.2) is 0 Å². The van der Waals surface area contributed by atoms with Crippen LogP contribution in [0.4, 0.5) is 0 Å². The van der Waals surface area contributed by atoms with Crippen LogP contribution >= 0.6 is 11.6 Å². The quantitative estimate of drug-likeness (QED) is 0.535. The molecule has 1 aromatic carbocycles. The van der Waals surface area contributed by atoms with Crippen LogP contribution in [0.3, 0.4) is 0 Å². The van der Waals surface area contributed by atoms with Gasteiger partial charge in [0.25, 0.3) is 0 Å². The summed E-state index contributed by atoms with van der Waals surface area (Å²) in [5.74, 6) is 1.02. The minimum absolute atomic E-state index is 0.118. The summed E-state index contributed by atoms with van der Waals surface area (Å²) in [5, 5.41) is 0.169. The molecule has 1 saturated carbocycles. The highest BCUT2D eigenvalue weighted by atomic mass is 35.5. The van der Waals surface area contributed by atoms with E-state index in [0.29, 0.717) is 11.8 Å². The van der Waals surface area contributed by atoms with Gasteiger partial charge in [-0.1, -0.05) is 52.0 Å². The minimum atomic E-state index is -2.73. The molecule has 0 amide bonds. The molecule has 1 unspecified atom stereocenters. The molecule has 28 heavy (non-hydrogen) atoms. The number of hydrogen-bond acceptors (Lipinski definition) is 3. The molecule has 2 aliphatic rings. The Bertz CT molecular complexity index is 816. The fourth-order valence-electron chi connectivity index (χ4n) is 4.66. The molecule has 0 aromatic heterocycles. The SMILES string of the molecule is CN=S(=O)(C1=C[C@@H](C(C)C)[C@H](C(C)C)OC12CCC(Cl)CC2)c1ccccc1. The van der Waals surface area contributed by atoms with Crippen molar-refractivity contribution in [3.8, 4) is 0 Å². The molecule has 0 saturated heterocycles. The number of ether oxygens (including phenoxy) is 1. The smallest absolute Gasteiger partial charge is 0.103 e. The molecule has 1 fully saturated rings. The second-order valence-corrected chi connectivity index (χ2v) is 11.8. The van der Waals surface area contributed by atoms with E-state index in [0.717, 1.165) is 35.5 Å². The van der Waals surface area contributed by atoms with E-state index in [1.807, 2.05) is 30.3 Å². The third kappa shape index (κ3) is 3.93. The highest BCUT2D eigenvalue weighted by Crippen LogP contribution is 2.50. The second-order valence-electron chi connectivity index (χ2n) is 8.87. The van der Waals surface area contributed by atoms with Gasteiger partial charge in [0.1, 0.15) is 15.3 Å².